The summed E-state index contributed by atoms with van der Waals surface area (Å²) in [6, 6.07) is 92.4. The minimum absolute atomic E-state index is 1.12. The van der Waals surface area contributed by atoms with E-state index in [0.29, 0.717) is 0 Å². The molecule has 10 aromatic carbocycles. The third-order valence-corrected chi connectivity index (χ3v) is 18.4. The lowest BCUT2D eigenvalue weighted by molar-refractivity contribution is 1.14. The second-order valence-corrected chi connectivity index (χ2v) is 20.6. The van der Waals surface area contributed by atoms with Crippen LogP contribution in [-0.2, 0) is 0 Å². The molecule has 0 radical (unpaired) electrons. The van der Waals surface area contributed by atoms with E-state index >= 15 is 0 Å². The van der Waals surface area contributed by atoms with Gasteiger partial charge in [-0.2, -0.15) is 0 Å². The zero-order valence-corrected chi connectivity index (χ0v) is 36.0. The van der Waals surface area contributed by atoms with Gasteiger partial charge < -0.3 is 13.7 Å². The quantitative estimate of drug-likeness (QED) is 0.112. The van der Waals surface area contributed by atoms with Crippen LogP contribution in [-0.4, -0.2) is 21.8 Å². The molecule has 0 fully saturated rings. The molecule has 0 saturated heterocycles. The lowest BCUT2D eigenvalue weighted by Gasteiger charge is -2.35. The number of aromatic nitrogens is 3. The van der Waals surface area contributed by atoms with E-state index in [1.54, 1.807) is 0 Å². The van der Waals surface area contributed by atoms with E-state index in [2.05, 4.69) is 262 Å². The molecule has 0 bridgehead atoms. The first-order chi connectivity index (χ1) is 31.8. The number of hydrogen-bond donors (Lipinski definition) is 0. The number of rotatable bonds is 7. The number of nitrogens with zero attached hydrogens (tertiary/aromatic N) is 3. The predicted molar refractivity (Wildman–Crippen MR) is 273 cm³/mol. The summed E-state index contributed by atoms with van der Waals surface area (Å²) >= 11 is 0. The molecule has 300 valence electrons. The van der Waals surface area contributed by atoms with Crippen molar-refractivity contribution in [1.82, 2.24) is 13.7 Å². The maximum atomic E-state index is 2.54. The smallest absolute Gasteiger partial charge is 0.180 e. The number of para-hydroxylation sites is 4. The van der Waals surface area contributed by atoms with Gasteiger partial charge in [0.25, 0.3) is 0 Å². The Bertz CT molecular complexity index is 3730. The van der Waals surface area contributed by atoms with Gasteiger partial charge in [0.15, 0.2) is 8.07 Å². The maximum Gasteiger partial charge on any atom is 0.180 e. The van der Waals surface area contributed by atoms with E-state index < -0.39 is 8.07 Å². The van der Waals surface area contributed by atoms with Gasteiger partial charge in [0.2, 0.25) is 0 Å². The molecule has 0 amide bonds. The minimum atomic E-state index is -2.95. The van der Waals surface area contributed by atoms with Crippen LogP contribution in [0.15, 0.2) is 249 Å². The fourth-order valence-corrected chi connectivity index (χ4v) is 16.0. The van der Waals surface area contributed by atoms with Gasteiger partial charge in [-0.1, -0.05) is 188 Å². The van der Waals surface area contributed by atoms with Crippen LogP contribution in [0.4, 0.5) is 0 Å². The Morgan fingerprint density at radius 2 is 0.594 bits per heavy atom. The molecular formula is C60H41N3Si. The van der Waals surface area contributed by atoms with E-state index in [9.17, 15) is 0 Å². The molecule has 4 heteroatoms. The lowest BCUT2D eigenvalue weighted by atomic mass is 10.1. The molecule has 3 aromatic heterocycles. The molecule has 0 aliphatic rings. The summed E-state index contributed by atoms with van der Waals surface area (Å²) in [7, 11) is -2.95. The number of fused-ring (bicyclic) bond motifs is 9. The van der Waals surface area contributed by atoms with E-state index in [4.69, 9.17) is 0 Å². The van der Waals surface area contributed by atoms with E-state index in [1.165, 1.54) is 86.2 Å². The lowest BCUT2D eigenvalue weighted by Crippen LogP contribution is -2.74. The Balaban J connectivity index is 1.19. The predicted octanol–water partition coefficient (Wildman–Crippen LogP) is 12.4. The molecule has 0 saturated carbocycles. The van der Waals surface area contributed by atoms with Crippen molar-refractivity contribution in [2.45, 2.75) is 0 Å². The highest BCUT2D eigenvalue weighted by atomic mass is 28.3. The van der Waals surface area contributed by atoms with Crippen molar-refractivity contribution >= 4 is 94.2 Å². The Kier molecular flexibility index (Phi) is 8.23. The van der Waals surface area contributed by atoms with Crippen LogP contribution in [0, 0.1) is 0 Å². The third-order valence-electron chi connectivity index (χ3n) is 13.6. The van der Waals surface area contributed by atoms with Gasteiger partial charge in [-0.05, 0) is 81.4 Å². The van der Waals surface area contributed by atoms with Crippen molar-refractivity contribution in [3.63, 3.8) is 0 Å². The molecule has 3 nitrogen and oxygen atoms in total. The molecule has 0 N–H and O–H groups in total. The number of hydrogen-bond acceptors (Lipinski definition) is 0. The molecule has 13 aromatic rings. The van der Waals surface area contributed by atoms with Crippen LogP contribution in [0.1, 0.15) is 0 Å². The highest BCUT2D eigenvalue weighted by Gasteiger charge is 2.43. The fraction of sp³-hybridized carbons (Fsp3) is 0. The number of benzene rings is 10. The molecule has 0 aliphatic heterocycles. The van der Waals surface area contributed by atoms with Crippen molar-refractivity contribution in [2.75, 3.05) is 0 Å². The van der Waals surface area contributed by atoms with Gasteiger partial charge in [0.05, 0.1) is 33.1 Å². The van der Waals surface area contributed by atoms with Crippen LogP contribution in [0.5, 0.6) is 0 Å². The fourth-order valence-electron chi connectivity index (χ4n) is 11.0. The van der Waals surface area contributed by atoms with Crippen LogP contribution in [0.2, 0.25) is 0 Å². The summed E-state index contributed by atoms with van der Waals surface area (Å²) in [5, 5.41) is 13.0. The second-order valence-electron chi connectivity index (χ2n) is 16.8. The molecule has 13 rings (SSSR count). The summed E-state index contributed by atoms with van der Waals surface area (Å²) < 4.78 is 7.41. The summed E-state index contributed by atoms with van der Waals surface area (Å²) in [5.41, 5.74) is 10.5. The van der Waals surface area contributed by atoms with Crippen molar-refractivity contribution in [3.05, 3.63) is 249 Å². The van der Waals surface area contributed by atoms with E-state index in [0.717, 1.165) is 17.1 Å². The molecule has 0 atom stereocenters. The molecule has 0 aliphatic carbocycles. The van der Waals surface area contributed by atoms with Crippen molar-refractivity contribution < 1.29 is 0 Å². The van der Waals surface area contributed by atoms with Crippen molar-refractivity contribution in [1.29, 1.82) is 0 Å². The Labute approximate surface area is 372 Å². The topological polar surface area (TPSA) is 14.8 Å². The highest BCUT2D eigenvalue weighted by molar-refractivity contribution is 7.20. The molecule has 0 spiro atoms. The van der Waals surface area contributed by atoms with E-state index in [1.807, 2.05) is 0 Å². The largest absolute Gasteiger partial charge is 0.309 e. The minimum Gasteiger partial charge on any atom is -0.309 e. The highest BCUT2D eigenvalue weighted by Crippen LogP contribution is 2.39. The SMILES string of the molecule is c1ccc(-n2c3ccccc3c3ccc(-n4c5cc(-n6c7ccccc7c7ccccc76)ccc5c5c([Si](c6ccccc6)(c6ccccc6)c6ccccc6)cccc54)cc32)cc1. The zero-order chi connectivity index (χ0) is 42.2. The van der Waals surface area contributed by atoms with Crippen LogP contribution >= 0.6 is 0 Å². The zero-order valence-electron chi connectivity index (χ0n) is 35.0. The van der Waals surface area contributed by atoms with Gasteiger partial charge in [-0.15, -0.1) is 0 Å². The first-order valence-electron chi connectivity index (χ1n) is 22.1. The summed E-state index contributed by atoms with van der Waals surface area (Å²) in [6.07, 6.45) is 0. The first kappa shape index (κ1) is 36.5. The Morgan fingerprint density at radius 3 is 1.09 bits per heavy atom. The second kappa shape index (κ2) is 14.5. The monoisotopic (exact) mass is 831 g/mol. The van der Waals surface area contributed by atoms with Crippen molar-refractivity contribution in [3.8, 4) is 17.1 Å². The average Bonchev–Trinajstić information content (AvgIpc) is 4.01. The van der Waals surface area contributed by atoms with Gasteiger partial charge in [-0.25, -0.2) is 0 Å². The summed E-state index contributed by atoms with van der Waals surface area (Å²) in [5.74, 6) is 0. The summed E-state index contributed by atoms with van der Waals surface area (Å²) in [4.78, 5) is 0. The Hall–Kier alpha value is -8.18. The van der Waals surface area contributed by atoms with Crippen LogP contribution in [0.25, 0.3) is 82.5 Å². The maximum absolute atomic E-state index is 2.95. The van der Waals surface area contributed by atoms with E-state index in [-0.39, 0.29) is 0 Å². The van der Waals surface area contributed by atoms with Gasteiger partial charge in [0.1, 0.15) is 0 Å². The first-order valence-corrected chi connectivity index (χ1v) is 24.1. The normalized spacial score (nSPS) is 12.1. The van der Waals surface area contributed by atoms with Gasteiger partial charge >= 0.3 is 0 Å². The molecule has 0 unspecified atom stereocenters. The molecule has 64 heavy (non-hydrogen) atoms. The molecule has 3 heterocycles. The van der Waals surface area contributed by atoms with Crippen LogP contribution < -0.4 is 20.7 Å². The van der Waals surface area contributed by atoms with Gasteiger partial charge in [-0.3, -0.25) is 0 Å². The third kappa shape index (κ3) is 5.27. The van der Waals surface area contributed by atoms with Crippen molar-refractivity contribution in [2.24, 2.45) is 0 Å². The van der Waals surface area contributed by atoms with Gasteiger partial charge in [0, 0.05) is 49.4 Å². The molecular weight excluding hydrogens is 791 g/mol. The average molecular weight is 832 g/mol. The standard InChI is InChI=1S/C60H41N3Si/c1-5-20-42(21-6-1)61-53-31-16-15-30-50(53)51-38-36-44(40-57(51)61)63-56-34-19-35-59(64(45-22-7-2-8-23-45,46-24-9-3-10-25-46)47-26-11-4-12-27-47)60(56)52-39-37-43(41-58(52)63)62-54-32-17-13-28-48(54)49-29-14-18-33-55(49)62/h1-41H. The Morgan fingerprint density at radius 1 is 0.234 bits per heavy atom. The van der Waals surface area contributed by atoms with Crippen LogP contribution in [0.3, 0.4) is 0 Å². The summed E-state index contributed by atoms with van der Waals surface area (Å²) in [6.45, 7) is 0.